The molecule has 7 nitrogen and oxygen atoms in total. The Morgan fingerprint density at radius 3 is 1.93 bits per heavy atom. The Labute approximate surface area is 342 Å². The van der Waals surface area contributed by atoms with E-state index >= 15 is 0 Å². The number of fused-ring (bicyclic) bond motifs is 2. The van der Waals surface area contributed by atoms with Crippen LogP contribution in [0.1, 0.15) is 125 Å². The van der Waals surface area contributed by atoms with E-state index in [-0.39, 0.29) is 39.7 Å². The Kier molecular flexibility index (Phi) is 12.4. The number of ketones is 1. The summed E-state index contributed by atoms with van der Waals surface area (Å²) in [5.41, 5.74) is 7.02. The van der Waals surface area contributed by atoms with Gasteiger partial charge in [0.2, 0.25) is 0 Å². The first kappa shape index (κ1) is 40.4. The van der Waals surface area contributed by atoms with Crippen LogP contribution in [-0.4, -0.2) is 26.1 Å². The van der Waals surface area contributed by atoms with Gasteiger partial charge in [-0.1, -0.05) is 134 Å². The predicted octanol–water partition coefficient (Wildman–Crippen LogP) is 13.9. The van der Waals surface area contributed by atoms with Gasteiger partial charge in [-0.2, -0.15) is 0 Å². The van der Waals surface area contributed by atoms with Gasteiger partial charge in [-0.15, -0.1) is 0 Å². The summed E-state index contributed by atoms with van der Waals surface area (Å²) in [5, 5.41) is 36.2. The predicted molar refractivity (Wildman–Crippen MR) is 236 cm³/mol. The van der Waals surface area contributed by atoms with Crippen molar-refractivity contribution >= 4 is 28.1 Å². The quantitative estimate of drug-likeness (QED) is 0.0642. The average Bonchev–Trinajstić information content (AvgIpc) is 3.21. The maximum absolute atomic E-state index is 14.5. The molecule has 0 spiro atoms. The van der Waals surface area contributed by atoms with Crippen LogP contribution in [0, 0.1) is 0 Å². The highest BCUT2D eigenvalue weighted by Gasteiger charge is 2.32. The smallest absolute Gasteiger partial charge is 0.196 e. The maximum atomic E-state index is 14.5. The fourth-order valence-corrected chi connectivity index (χ4v) is 8.08. The standard InChI is InChI=1S/C51H56N2O5/c1-5-7-8-9-10-11-12-13-14-15-18-33-21-25-35(26-22-33)52-42-32-45(58-37-27-23-34(24-28-37)51(3,4)6-2)49-46-40(38-19-16-17-20-39(38)50(57)48(42)46)31-41(53-49)47-43(55)29-36(54)30-44(47)56/h16-17,19-32,52,54-56H,5-15,18H2,1-4H3. The second kappa shape index (κ2) is 17.8. The van der Waals surface area contributed by atoms with Crippen molar-refractivity contribution in [2.45, 2.75) is 110 Å². The molecule has 0 radical (unpaired) electrons. The lowest BCUT2D eigenvalue weighted by Crippen LogP contribution is -2.15. The van der Waals surface area contributed by atoms with Crippen LogP contribution in [0.25, 0.3) is 33.3 Å². The highest BCUT2D eigenvalue weighted by Crippen LogP contribution is 2.49. The number of pyridine rings is 1. The number of benzene rings is 5. The van der Waals surface area contributed by atoms with E-state index in [1.54, 1.807) is 6.07 Å². The molecule has 1 aliphatic carbocycles. The number of ether oxygens (including phenoxy) is 1. The molecule has 7 heteroatoms. The van der Waals surface area contributed by atoms with Crippen LogP contribution in [0.2, 0.25) is 0 Å². The van der Waals surface area contributed by atoms with Gasteiger partial charge >= 0.3 is 0 Å². The number of aromatic hydroxyl groups is 3. The molecule has 0 saturated carbocycles. The number of nitrogens with one attached hydrogen (secondary N) is 1. The Bertz CT molecular complexity index is 2380. The Morgan fingerprint density at radius 1 is 0.672 bits per heavy atom. The summed E-state index contributed by atoms with van der Waals surface area (Å²) in [4.78, 5) is 19.5. The number of hydrogen-bond acceptors (Lipinski definition) is 7. The van der Waals surface area contributed by atoms with E-state index in [9.17, 15) is 20.1 Å². The van der Waals surface area contributed by atoms with E-state index in [0.717, 1.165) is 18.5 Å². The lowest BCUT2D eigenvalue weighted by molar-refractivity contribution is 0.104. The van der Waals surface area contributed by atoms with E-state index in [4.69, 9.17) is 9.72 Å². The molecule has 0 saturated heterocycles. The molecular formula is C51H56N2O5. The second-order valence-electron chi connectivity index (χ2n) is 16.4. The van der Waals surface area contributed by atoms with Crippen molar-refractivity contribution in [1.29, 1.82) is 0 Å². The number of hydrogen-bond donors (Lipinski definition) is 4. The normalized spacial score (nSPS) is 12.2. The molecule has 7 rings (SSSR count). The van der Waals surface area contributed by atoms with Gasteiger partial charge in [-0.25, -0.2) is 4.98 Å². The van der Waals surface area contributed by atoms with E-state index in [2.05, 4.69) is 69.4 Å². The Hall–Kier alpha value is -5.82. The van der Waals surface area contributed by atoms with Crippen LogP contribution in [0.4, 0.5) is 11.4 Å². The fourth-order valence-electron chi connectivity index (χ4n) is 8.08. The number of phenols is 3. The van der Waals surface area contributed by atoms with Crippen molar-refractivity contribution in [2.75, 3.05) is 5.32 Å². The number of carbonyl (C=O) groups is 1. The van der Waals surface area contributed by atoms with E-state index < -0.39 is 0 Å². The van der Waals surface area contributed by atoms with Gasteiger partial charge in [0.1, 0.15) is 28.5 Å². The van der Waals surface area contributed by atoms with Gasteiger partial charge in [-0.3, -0.25) is 4.79 Å². The van der Waals surface area contributed by atoms with Gasteiger partial charge in [0.15, 0.2) is 11.5 Å². The molecule has 0 unspecified atom stereocenters. The van der Waals surface area contributed by atoms with Crippen LogP contribution in [0.3, 0.4) is 0 Å². The number of aryl methyl sites for hydroxylation is 1. The maximum Gasteiger partial charge on any atom is 0.196 e. The van der Waals surface area contributed by atoms with Gasteiger partial charge < -0.3 is 25.4 Å². The number of carbonyl (C=O) groups excluding carboxylic acids is 1. The third-order valence-electron chi connectivity index (χ3n) is 11.9. The second-order valence-corrected chi connectivity index (χ2v) is 16.4. The fraction of sp³-hybridized carbons (Fsp3) is 0.333. The first-order valence-electron chi connectivity index (χ1n) is 21.1. The van der Waals surface area contributed by atoms with Crippen molar-refractivity contribution in [3.8, 4) is 51.1 Å². The van der Waals surface area contributed by atoms with Crippen LogP contribution in [-0.2, 0) is 11.8 Å². The van der Waals surface area contributed by atoms with Gasteiger partial charge in [0.05, 0.1) is 22.5 Å². The summed E-state index contributed by atoms with van der Waals surface area (Å²) in [6.07, 6.45) is 15.1. The molecule has 1 aromatic heterocycles. The highest BCUT2D eigenvalue weighted by atomic mass is 16.5. The number of anilines is 2. The SMILES string of the molecule is CCCCCCCCCCCCc1ccc(Nc2cc(Oc3ccc(C(C)(C)CC)cc3)c3nc(-c4c(O)cc(O)cc4O)cc4c3c2C(=O)c2ccccc2-4)cc1. The minimum absolute atomic E-state index is 0.00299. The largest absolute Gasteiger partial charge is 0.508 e. The number of phenolic OH excluding ortho intramolecular Hbond substituents is 3. The molecule has 0 bridgehead atoms. The molecule has 5 aromatic carbocycles. The topological polar surface area (TPSA) is 112 Å². The number of aromatic nitrogens is 1. The van der Waals surface area contributed by atoms with Crippen LogP contribution in [0.5, 0.6) is 28.7 Å². The average molecular weight is 777 g/mol. The first-order chi connectivity index (χ1) is 28.1. The molecule has 0 fully saturated rings. The molecule has 1 heterocycles. The third-order valence-corrected chi connectivity index (χ3v) is 11.9. The zero-order chi connectivity index (χ0) is 40.8. The van der Waals surface area contributed by atoms with Crippen molar-refractivity contribution in [1.82, 2.24) is 4.98 Å². The van der Waals surface area contributed by atoms with Crippen molar-refractivity contribution in [3.05, 3.63) is 119 Å². The molecule has 0 aliphatic heterocycles. The zero-order valence-corrected chi connectivity index (χ0v) is 34.3. The van der Waals surface area contributed by atoms with E-state index in [1.807, 2.05) is 42.5 Å². The number of rotatable bonds is 18. The monoisotopic (exact) mass is 776 g/mol. The molecule has 1 aliphatic rings. The molecule has 0 amide bonds. The molecule has 58 heavy (non-hydrogen) atoms. The zero-order valence-electron chi connectivity index (χ0n) is 34.3. The molecular weight excluding hydrogens is 721 g/mol. The van der Waals surface area contributed by atoms with Gasteiger partial charge in [0.25, 0.3) is 0 Å². The van der Waals surface area contributed by atoms with E-state index in [0.29, 0.717) is 50.3 Å². The molecule has 6 aromatic rings. The first-order valence-corrected chi connectivity index (χ1v) is 21.1. The summed E-state index contributed by atoms with van der Waals surface area (Å²) in [7, 11) is 0. The lowest BCUT2D eigenvalue weighted by atomic mass is 9.82. The summed E-state index contributed by atoms with van der Waals surface area (Å²) < 4.78 is 6.69. The summed E-state index contributed by atoms with van der Waals surface area (Å²) >= 11 is 0. The third kappa shape index (κ3) is 8.69. The molecule has 4 N–H and O–H groups in total. The Balaban J connectivity index is 1.25. The minimum atomic E-state index is -0.330. The molecule has 0 atom stereocenters. The van der Waals surface area contributed by atoms with Crippen LogP contribution < -0.4 is 10.1 Å². The highest BCUT2D eigenvalue weighted by molar-refractivity contribution is 6.29. The van der Waals surface area contributed by atoms with Crippen LogP contribution >= 0.6 is 0 Å². The van der Waals surface area contributed by atoms with Crippen molar-refractivity contribution in [2.24, 2.45) is 0 Å². The minimum Gasteiger partial charge on any atom is -0.508 e. The number of unbranched alkanes of at least 4 members (excludes halogenated alkanes) is 9. The lowest BCUT2D eigenvalue weighted by Gasteiger charge is -2.25. The van der Waals surface area contributed by atoms with Crippen molar-refractivity contribution < 1.29 is 24.9 Å². The molecule has 300 valence electrons. The van der Waals surface area contributed by atoms with Crippen LogP contribution in [0.15, 0.2) is 97.1 Å². The van der Waals surface area contributed by atoms with Crippen molar-refractivity contribution in [3.63, 3.8) is 0 Å². The summed E-state index contributed by atoms with van der Waals surface area (Å²) in [6.45, 7) is 8.87. The van der Waals surface area contributed by atoms with Gasteiger partial charge in [-0.05, 0) is 77.3 Å². The Morgan fingerprint density at radius 2 is 1.29 bits per heavy atom. The van der Waals surface area contributed by atoms with Gasteiger partial charge in [0, 0.05) is 34.8 Å². The van der Waals surface area contributed by atoms with E-state index in [1.165, 1.54) is 87.5 Å². The summed E-state index contributed by atoms with van der Waals surface area (Å²) in [6, 6.07) is 29.9. The summed E-state index contributed by atoms with van der Waals surface area (Å²) in [5.74, 6) is -0.0859. The number of nitrogens with zero attached hydrogens (tertiary/aromatic N) is 1.